The molecule has 0 aliphatic heterocycles. The molecule has 0 unspecified atom stereocenters. The van der Waals surface area contributed by atoms with Gasteiger partial charge in [0.05, 0.1) is 0 Å². The SMILES string of the molecule is CCCc1nc(-c2nccc3ccccc23)n[nH]1. The summed E-state index contributed by atoms with van der Waals surface area (Å²) in [5.41, 5.74) is 0.840. The lowest BCUT2D eigenvalue weighted by atomic mass is 10.1. The van der Waals surface area contributed by atoms with Gasteiger partial charge >= 0.3 is 0 Å². The van der Waals surface area contributed by atoms with E-state index in [0.717, 1.165) is 35.1 Å². The first-order chi connectivity index (χ1) is 8.88. The molecule has 0 amide bonds. The van der Waals surface area contributed by atoms with E-state index in [-0.39, 0.29) is 0 Å². The number of pyridine rings is 1. The van der Waals surface area contributed by atoms with Crippen LogP contribution in [0.15, 0.2) is 36.5 Å². The molecule has 0 aliphatic carbocycles. The average Bonchev–Trinajstić information content (AvgIpc) is 2.87. The van der Waals surface area contributed by atoms with Gasteiger partial charge in [-0.15, -0.1) is 0 Å². The van der Waals surface area contributed by atoms with E-state index in [1.54, 1.807) is 6.20 Å². The summed E-state index contributed by atoms with van der Waals surface area (Å²) in [7, 11) is 0. The molecule has 0 aliphatic rings. The fourth-order valence-electron chi connectivity index (χ4n) is 2.05. The van der Waals surface area contributed by atoms with Gasteiger partial charge < -0.3 is 0 Å². The topological polar surface area (TPSA) is 54.5 Å². The molecule has 0 saturated carbocycles. The predicted molar refractivity (Wildman–Crippen MR) is 71.1 cm³/mol. The van der Waals surface area contributed by atoms with Crippen LogP contribution in [0.4, 0.5) is 0 Å². The number of rotatable bonds is 3. The Hall–Kier alpha value is -2.23. The number of hydrogen-bond acceptors (Lipinski definition) is 3. The second-order valence-electron chi connectivity index (χ2n) is 4.24. The van der Waals surface area contributed by atoms with Crippen LogP contribution in [0.5, 0.6) is 0 Å². The Balaban J connectivity index is 2.12. The summed E-state index contributed by atoms with van der Waals surface area (Å²) >= 11 is 0. The normalized spacial score (nSPS) is 10.9. The van der Waals surface area contributed by atoms with Gasteiger partial charge in [0.2, 0.25) is 0 Å². The highest BCUT2D eigenvalue weighted by atomic mass is 15.2. The van der Waals surface area contributed by atoms with Gasteiger partial charge in [0, 0.05) is 18.0 Å². The molecular formula is C14H14N4. The van der Waals surface area contributed by atoms with Crippen molar-refractivity contribution in [1.82, 2.24) is 20.2 Å². The van der Waals surface area contributed by atoms with Gasteiger partial charge in [-0.25, -0.2) is 4.98 Å². The Morgan fingerprint density at radius 3 is 2.94 bits per heavy atom. The minimum atomic E-state index is 0.676. The Labute approximate surface area is 105 Å². The Bertz CT molecular complexity index is 667. The van der Waals surface area contributed by atoms with Crippen molar-refractivity contribution >= 4 is 10.8 Å². The second kappa shape index (κ2) is 4.56. The van der Waals surface area contributed by atoms with E-state index in [2.05, 4.69) is 33.2 Å². The minimum absolute atomic E-state index is 0.676. The van der Waals surface area contributed by atoms with Crippen LogP contribution in [0.1, 0.15) is 19.2 Å². The van der Waals surface area contributed by atoms with Crippen LogP contribution in [-0.2, 0) is 6.42 Å². The maximum Gasteiger partial charge on any atom is 0.200 e. The summed E-state index contributed by atoms with van der Waals surface area (Å²) in [6, 6.07) is 10.1. The Morgan fingerprint density at radius 1 is 1.17 bits per heavy atom. The van der Waals surface area contributed by atoms with Gasteiger partial charge in [0.25, 0.3) is 0 Å². The molecule has 3 rings (SSSR count). The van der Waals surface area contributed by atoms with E-state index in [1.807, 2.05) is 24.3 Å². The van der Waals surface area contributed by atoms with E-state index < -0.39 is 0 Å². The van der Waals surface area contributed by atoms with Crippen molar-refractivity contribution in [2.45, 2.75) is 19.8 Å². The van der Waals surface area contributed by atoms with Crippen molar-refractivity contribution in [2.75, 3.05) is 0 Å². The van der Waals surface area contributed by atoms with Crippen molar-refractivity contribution in [2.24, 2.45) is 0 Å². The molecule has 0 atom stereocenters. The molecule has 4 heteroatoms. The van der Waals surface area contributed by atoms with E-state index in [0.29, 0.717) is 5.82 Å². The van der Waals surface area contributed by atoms with E-state index in [4.69, 9.17) is 0 Å². The van der Waals surface area contributed by atoms with Crippen LogP contribution in [0.2, 0.25) is 0 Å². The van der Waals surface area contributed by atoms with Crippen molar-refractivity contribution in [3.8, 4) is 11.5 Å². The molecule has 1 N–H and O–H groups in total. The summed E-state index contributed by atoms with van der Waals surface area (Å²) in [5.74, 6) is 1.59. The Kier molecular flexibility index (Phi) is 2.76. The number of aromatic nitrogens is 4. The van der Waals surface area contributed by atoms with Gasteiger partial charge in [-0.3, -0.25) is 10.1 Å². The third-order valence-corrected chi connectivity index (χ3v) is 2.90. The van der Waals surface area contributed by atoms with E-state index in [9.17, 15) is 0 Å². The fourth-order valence-corrected chi connectivity index (χ4v) is 2.05. The first kappa shape index (κ1) is 10.9. The van der Waals surface area contributed by atoms with E-state index in [1.165, 1.54) is 0 Å². The standard InChI is InChI=1S/C14H14N4/c1-2-5-12-16-14(18-17-12)13-11-7-4-3-6-10(11)8-9-15-13/h3-4,6-9H,2,5H2,1H3,(H,16,17,18). The molecule has 18 heavy (non-hydrogen) atoms. The molecule has 0 fully saturated rings. The summed E-state index contributed by atoms with van der Waals surface area (Å²) in [5, 5.41) is 9.47. The van der Waals surface area contributed by atoms with Gasteiger partial charge in [0.15, 0.2) is 5.82 Å². The van der Waals surface area contributed by atoms with Crippen LogP contribution in [0, 0.1) is 0 Å². The highest BCUT2D eigenvalue weighted by Crippen LogP contribution is 2.23. The maximum atomic E-state index is 4.49. The number of nitrogens with zero attached hydrogens (tertiary/aromatic N) is 3. The lowest BCUT2D eigenvalue weighted by molar-refractivity contribution is 0.841. The molecule has 4 nitrogen and oxygen atoms in total. The van der Waals surface area contributed by atoms with Gasteiger partial charge in [-0.2, -0.15) is 5.10 Å². The van der Waals surface area contributed by atoms with Crippen LogP contribution >= 0.6 is 0 Å². The number of benzene rings is 1. The number of nitrogens with one attached hydrogen (secondary N) is 1. The van der Waals surface area contributed by atoms with Crippen LogP contribution in [0.3, 0.4) is 0 Å². The fraction of sp³-hybridized carbons (Fsp3) is 0.214. The number of H-pyrrole nitrogens is 1. The highest BCUT2D eigenvalue weighted by Gasteiger charge is 2.10. The molecule has 2 heterocycles. The molecule has 0 radical (unpaired) electrons. The van der Waals surface area contributed by atoms with Gasteiger partial charge in [-0.05, 0) is 17.9 Å². The molecule has 0 spiro atoms. The molecule has 90 valence electrons. The van der Waals surface area contributed by atoms with Crippen molar-refractivity contribution < 1.29 is 0 Å². The number of hydrogen-bond donors (Lipinski definition) is 1. The van der Waals surface area contributed by atoms with Gasteiger partial charge in [0.1, 0.15) is 11.5 Å². The summed E-state index contributed by atoms with van der Waals surface area (Å²) < 4.78 is 0. The predicted octanol–water partition coefficient (Wildman–Crippen LogP) is 2.97. The summed E-state index contributed by atoms with van der Waals surface area (Å²) in [6.45, 7) is 2.12. The molecule has 0 bridgehead atoms. The average molecular weight is 238 g/mol. The van der Waals surface area contributed by atoms with E-state index >= 15 is 0 Å². The monoisotopic (exact) mass is 238 g/mol. The molecule has 2 aromatic heterocycles. The molecule has 1 aromatic carbocycles. The maximum absolute atomic E-state index is 4.49. The quantitative estimate of drug-likeness (QED) is 0.763. The summed E-state index contributed by atoms with van der Waals surface area (Å²) in [4.78, 5) is 8.90. The van der Waals surface area contributed by atoms with Crippen molar-refractivity contribution in [1.29, 1.82) is 0 Å². The summed E-state index contributed by atoms with van der Waals surface area (Å²) in [6.07, 6.45) is 3.77. The number of aromatic amines is 1. The zero-order valence-electron chi connectivity index (χ0n) is 10.2. The molecular weight excluding hydrogens is 224 g/mol. The van der Waals surface area contributed by atoms with Crippen LogP contribution in [-0.4, -0.2) is 20.2 Å². The Morgan fingerprint density at radius 2 is 2.06 bits per heavy atom. The van der Waals surface area contributed by atoms with Crippen LogP contribution < -0.4 is 0 Å². The zero-order valence-corrected chi connectivity index (χ0v) is 10.2. The van der Waals surface area contributed by atoms with Gasteiger partial charge in [-0.1, -0.05) is 31.2 Å². The smallest absolute Gasteiger partial charge is 0.200 e. The largest absolute Gasteiger partial charge is 0.263 e. The third kappa shape index (κ3) is 1.86. The third-order valence-electron chi connectivity index (χ3n) is 2.90. The van der Waals surface area contributed by atoms with Crippen LogP contribution in [0.25, 0.3) is 22.3 Å². The van der Waals surface area contributed by atoms with Crippen molar-refractivity contribution in [3.63, 3.8) is 0 Å². The molecule has 3 aromatic rings. The second-order valence-corrected chi connectivity index (χ2v) is 4.24. The first-order valence-corrected chi connectivity index (χ1v) is 6.14. The zero-order chi connectivity index (χ0) is 12.4. The lowest BCUT2D eigenvalue weighted by Gasteiger charge is -2.00. The highest BCUT2D eigenvalue weighted by molar-refractivity contribution is 5.92. The number of aryl methyl sites for hydroxylation is 1. The number of fused-ring (bicyclic) bond motifs is 1. The van der Waals surface area contributed by atoms with Crippen molar-refractivity contribution in [3.05, 3.63) is 42.4 Å². The first-order valence-electron chi connectivity index (χ1n) is 6.14. The minimum Gasteiger partial charge on any atom is -0.263 e. The molecule has 0 saturated heterocycles. The lowest BCUT2D eigenvalue weighted by Crippen LogP contribution is -1.88.